The summed E-state index contributed by atoms with van der Waals surface area (Å²) in [4.78, 5) is 34.3. The van der Waals surface area contributed by atoms with E-state index in [4.69, 9.17) is 9.72 Å². The molecule has 2 bridgehead atoms. The second-order valence-electron chi connectivity index (χ2n) is 12.3. The number of carbonyl (C=O) groups is 2. The number of hydrogen-bond acceptors (Lipinski definition) is 5. The van der Waals surface area contributed by atoms with Crippen molar-refractivity contribution in [3.8, 4) is 0 Å². The highest BCUT2D eigenvalue weighted by atomic mass is 16.6. The van der Waals surface area contributed by atoms with E-state index in [2.05, 4.69) is 33.8 Å². The molecule has 2 fully saturated rings. The van der Waals surface area contributed by atoms with Gasteiger partial charge in [0, 0.05) is 44.6 Å². The maximum atomic E-state index is 12.6. The Morgan fingerprint density at radius 1 is 1.11 bits per heavy atom. The Labute approximate surface area is 226 Å². The van der Waals surface area contributed by atoms with Crippen molar-refractivity contribution in [2.24, 2.45) is 0 Å². The number of ether oxygens (including phenoxy) is 1. The fourth-order valence-corrected chi connectivity index (χ4v) is 6.83. The van der Waals surface area contributed by atoms with Crippen LogP contribution in [0.5, 0.6) is 0 Å². The van der Waals surface area contributed by atoms with Gasteiger partial charge >= 0.3 is 6.09 Å². The van der Waals surface area contributed by atoms with Crippen molar-refractivity contribution >= 4 is 12.0 Å². The van der Waals surface area contributed by atoms with Crippen molar-refractivity contribution in [1.29, 1.82) is 0 Å². The molecular weight excluding hydrogens is 478 g/mol. The average molecular weight is 522 g/mol. The first kappa shape index (κ1) is 26.7. The van der Waals surface area contributed by atoms with Gasteiger partial charge in [0.15, 0.2) is 0 Å². The molecule has 38 heavy (non-hydrogen) atoms. The second-order valence-corrected chi connectivity index (χ2v) is 12.3. The Morgan fingerprint density at radius 3 is 2.42 bits per heavy atom. The van der Waals surface area contributed by atoms with Crippen LogP contribution < -0.4 is 5.32 Å². The lowest BCUT2D eigenvalue weighted by molar-refractivity contribution is -0.129. The number of alkyl carbamates (subject to hydrolysis) is 1. The summed E-state index contributed by atoms with van der Waals surface area (Å²) in [5.41, 5.74) is 3.00. The summed E-state index contributed by atoms with van der Waals surface area (Å²) in [5, 5.41) is 3.13. The van der Waals surface area contributed by atoms with Crippen molar-refractivity contribution in [3.05, 3.63) is 53.1 Å². The largest absolute Gasteiger partial charge is 0.444 e. The van der Waals surface area contributed by atoms with E-state index < -0.39 is 5.60 Å². The highest BCUT2D eigenvalue weighted by Crippen LogP contribution is 2.43. The highest BCUT2D eigenvalue weighted by Gasteiger charge is 2.42. The van der Waals surface area contributed by atoms with Gasteiger partial charge in [-0.05, 0) is 65.4 Å². The van der Waals surface area contributed by atoms with E-state index >= 15 is 0 Å². The molecule has 1 unspecified atom stereocenters. The van der Waals surface area contributed by atoms with Crippen LogP contribution in [0.4, 0.5) is 4.79 Å². The zero-order valence-electron chi connectivity index (χ0n) is 23.6. The number of piperidine rings is 1. The predicted octanol–water partition coefficient (Wildman–Crippen LogP) is 4.92. The van der Waals surface area contributed by atoms with Gasteiger partial charge in [-0.2, -0.15) is 0 Å². The van der Waals surface area contributed by atoms with Gasteiger partial charge in [-0.15, -0.1) is 0 Å². The standard InChI is InChI=1S/C30H43N5O3/c1-20-31-27-13-15-33(21(2)36)19-28(27)35(20)25-17-23-11-12-24(18-25)34(23)16-14-26(22-9-7-6-8-10-22)32-29(37)38-30(3,4)5/h6-10,23-26H,11-19H2,1-5H3,(H,32,37)/t23-,24+,25?,26-/m0/s1. The third-order valence-electron chi connectivity index (χ3n) is 8.47. The first-order valence-electron chi connectivity index (χ1n) is 14.2. The topological polar surface area (TPSA) is 79.7 Å². The molecule has 3 aliphatic heterocycles. The molecule has 2 amide bonds. The fraction of sp³-hybridized carbons (Fsp3) is 0.633. The summed E-state index contributed by atoms with van der Waals surface area (Å²) in [6.45, 7) is 11.8. The number of nitrogens with one attached hydrogen (secondary N) is 1. The molecule has 0 radical (unpaired) electrons. The molecule has 2 aromatic rings. The molecule has 5 rings (SSSR count). The van der Waals surface area contributed by atoms with E-state index in [1.807, 2.05) is 43.9 Å². The van der Waals surface area contributed by atoms with E-state index in [9.17, 15) is 9.59 Å². The Morgan fingerprint density at radius 2 is 1.79 bits per heavy atom. The summed E-state index contributed by atoms with van der Waals surface area (Å²) in [6.07, 6.45) is 5.96. The van der Waals surface area contributed by atoms with Crippen molar-refractivity contribution in [3.63, 3.8) is 0 Å². The van der Waals surface area contributed by atoms with Gasteiger partial charge in [-0.25, -0.2) is 9.78 Å². The zero-order chi connectivity index (χ0) is 27.0. The van der Waals surface area contributed by atoms with Crippen LogP contribution in [0.15, 0.2) is 30.3 Å². The van der Waals surface area contributed by atoms with E-state index in [-0.39, 0.29) is 18.0 Å². The first-order chi connectivity index (χ1) is 18.1. The molecule has 1 aromatic carbocycles. The lowest BCUT2D eigenvalue weighted by Gasteiger charge is -2.41. The van der Waals surface area contributed by atoms with Gasteiger partial charge in [-0.3, -0.25) is 9.69 Å². The number of rotatable bonds is 6. The fourth-order valence-electron chi connectivity index (χ4n) is 6.83. The van der Waals surface area contributed by atoms with Gasteiger partial charge in [0.05, 0.1) is 24.0 Å². The number of benzene rings is 1. The van der Waals surface area contributed by atoms with Crippen LogP contribution in [0.2, 0.25) is 0 Å². The molecule has 0 aliphatic carbocycles. The zero-order valence-corrected chi connectivity index (χ0v) is 23.6. The monoisotopic (exact) mass is 521 g/mol. The van der Waals surface area contributed by atoms with Gasteiger partial charge in [-0.1, -0.05) is 30.3 Å². The molecule has 8 heteroatoms. The number of carbonyl (C=O) groups excluding carboxylic acids is 2. The van der Waals surface area contributed by atoms with Gasteiger partial charge in [0.1, 0.15) is 11.4 Å². The van der Waals surface area contributed by atoms with Crippen LogP contribution >= 0.6 is 0 Å². The van der Waals surface area contributed by atoms with Crippen molar-refractivity contribution in [1.82, 2.24) is 24.7 Å². The normalized spacial score (nSPS) is 24.1. The molecule has 4 atom stereocenters. The maximum Gasteiger partial charge on any atom is 0.408 e. The van der Waals surface area contributed by atoms with E-state index in [0.29, 0.717) is 24.7 Å². The quantitative estimate of drug-likeness (QED) is 0.584. The van der Waals surface area contributed by atoms with Gasteiger partial charge in [0.25, 0.3) is 0 Å². The van der Waals surface area contributed by atoms with E-state index in [0.717, 1.165) is 50.2 Å². The Bertz CT molecular complexity index is 1140. The van der Waals surface area contributed by atoms with Crippen molar-refractivity contribution < 1.29 is 14.3 Å². The minimum Gasteiger partial charge on any atom is -0.444 e. The average Bonchev–Trinajstić information content (AvgIpc) is 3.31. The molecule has 2 saturated heterocycles. The van der Waals surface area contributed by atoms with Crippen LogP contribution in [0.3, 0.4) is 0 Å². The van der Waals surface area contributed by atoms with Crippen LogP contribution in [0, 0.1) is 6.92 Å². The molecule has 3 aliphatic rings. The molecule has 1 N–H and O–H groups in total. The third kappa shape index (κ3) is 5.75. The van der Waals surface area contributed by atoms with Crippen LogP contribution in [0.1, 0.15) is 94.7 Å². The summed E-state index contributed by atoms with van der Waals surface area (Å²) < 4.78 is 8.04. The number of aromatic nitrogens is 2. The lowest BCUT2D eigenvalue weighted by atomic mass is 9.95. The maximum absolute atomic E-state index is 12.6. The molecular formula is C30H43N5O3. The number of imidazole rings is 1. The predicted molar refractivity (Wildman–Crippen MR) is 147 cm³/mol. The SMILES string of the molecule is CC(=O)N1CCc2nc(C)n(C3C[C@H]4CC[C@@H](C3)N4CC[C@H](NC(=O)OC(C)(C)C)c3ccccc3)c2C1. The number of hydrogen-bond donors (Lipinski definition) is 1. The minimum absolute atomic E-state index is 0.0938. The number of amides is 2. The van der Waals surface area contributed by atoms with Gasteiger partial charge < -0.3 is 19.5 Å². The third-order valence-corrected chi connectivity index (χ3v) is 8.47. The number of fused-ring (bicyclic) bond motifs is 3. The lowest BCUT2D eigenvalue weighted by Crippen LogP contribution is -2.45. The van der Waals surface area contributed by atoms with E-state index in [1.165, 1.54) is 24.2 Å². The highest BCUT2D eigenvalue weighted by molar-refractivity contribution is 5.73. The van der Waals surface area contributed by atoms with Crippen LogP contribution in [-0.4, -0.2) is 62.1 Å². The molecule has 0 spiro atoms. The first-order valence-corrected chi connectivity index (χ1v) is 14.2. The van der Waals surface area contributed by atoms with Crippen LogP contribution in [0.25, 0.3) is 0 Å². The summed E-state index contributed by atoms with van der Waals surface area (Å²) in [6, 6.07) is 11.6. The molecule has 8 nitrogen and oxygen atoms in total. The van der Waals surface area contributed by atoms with Crippen molar-refractivity contribution in [2.75, 3.05) is 13.1 Å². The molecule has 4 heterocycles. The summed E-state index contributed by atoms with van der Waals surface area (Å²) >= 11 is 0. The Hall–Kier alpha value is -2.87. The van der Waals surface area contributed by atoms with E-state index in [1.54, 1.807) is 6.92 Å². The molecule has 0 saturated carbocycles. The molecule has 206 valence electrons. The summed E-state index contributed by atoms with van der Waals surface area (Å²) in [7, 11) is 0. The molecule has 1 aromatic heterocycles. The number of aryl methyl sites for hydroxylation is 1. The second kappa shape index (κ2) is 10.7. The Kier molecular flexibility index (Phi) is 7.54. The van der Waals surface area contributed by atoms with Crippen LogP contribution in [-0.2, 0) is 22.5 Å². The van der Waals surface area contributed by atoms with Gasteiger partial charge in [0.2, 0.25) is 5.91 Å². The smallest absolute Gasteiger partial charge is 0.408 e. The Balaban J connectivity index is 1.27. The summed E-state index contributed by atoms with van der Waals surface area (Å²) in [5.74, 6) is 1.23. The number of nitrogens with zero attached hydrogens (tertiary/aromatic N) is 4. The minimum atomic E-state index is -0.529. The van der Waals surface area contributed by atoms with Crippen molar-refractivity contribution in [2.45, 2.75) is 109 Å².